The molecular weight excluding hydrogens is 349 g/mol. The van der Waals surface area contributed by atoms with Crippen LogP contribution in [0.2, 0.25) is 0 Å². The quantitative estimate of drug-likeness (QED) is 0.770. The van der Waals surface area contributed by atoms with Gasteiger partial charge in [0.2, 0.25) is 10.0 Å². The first kappa shape index (κ1) is 21.4. The molecule has 6 nitrogen and oxygen atoms in total. The van der Waals surface area contributed by atoms with Gasteiger partial charge in [-0.15, -0.1) is 24.8 Å². The van der Waals surface area contributed by atoms with E-state index in [1.807, 2.05) is 0 Å². The largest absolute Gasteiger partial charge is 0.495 e. The van der Waals surface area contributed by atoms with Gasteiger partial charge in [-0.3, -0.25) is 4.90 Å². The third-order valence-electron chi connectivity index (χ3n) is 3.29. The van der Waals surface area contributed by atoms with Gasteiger partial charge in [-0.25, -0.2) is 13.1 Å². The first-order valence-electron chi connectivity index (χ1n) is 6.69. The summed E-state index contributed by atoms with van der Waals surface area (Å²) in [5.74, 6) is 0.363. The van der Waals surface area contributed by atoms with E-state index in [2.05, 4.69) is 14.9 Å². The molecule has 1 aliphatic heterocycles. The van der Waals surface area contributed by atoms with Gasteiger partial charge in [-0.2, -0.15) is 0 Å². The van der Waals surface area contributed by atoms with Gasteiger partial charge in [0.1, 0.15) is 10.6 Å². The van der Waals surface area contributed by atoms with E-state index in [1.165, 1.54) is 7.11 Å². The minimum Gasteiger partial charge on any atom is -0.495 e. The van der Waals surface area contributed by atoms with Crippen molar-refractivity contribution in [3.8, 4) is 5.75 Å². The normalized spacial score (nSPS) is 15.5. The van der Waals surface area contributed by atoms with Gasteiger partial charge >= 0.3 is 0 Å². The van der Waals surface area contributed by atoms with Gasteiger partial charge in [0.15, 0.2) is 0 Å². The Kier molecular flexibility index (Phi) is 9.99. The van der Waals surface area contributed by atoms with Crippen molar-refractivity contribution in [1.29, 1.82) is 0 Å². The maximum atomic E-state index is 12.2. The lowest BCUT2D eigenvalue weighted by molar-refractivity contribution is 0.245. The van der Waals surface area contributed by atoms with Gasteiger partial charge in [-0.1, -0.05) is 12.1 Å². The van der Waals surface area contributed by atoms with Crippen molar-refractivity contribution in [3.05, 3.63) is 24.3 Å². The zero-order valence-electron chi connectivity index (χ0n) is 12.4. The van der Waals surface area contributed by atoms with Crippen LogP contribution in [-0.4, -0.2) is 59.7 Å². The molecule has 2 rings (SSSR count). The van der Waals surface area contributed by atoms with Gasteiger partial charge in [0.25, 0.3) is 0 Å². The molecule has 1 fully saturated rings. The van der Waals surface area contributed by atoms with Gasteiger partial charge in [-0.05, 0) is 12.1 Å². The van der Waals surface area contributed by atoms with E-state index in [-0.39, 0.29) is 29.7 Å². The molecule has 1 aromatic carbocycles. The number of sulfonamides is 1. The number of hydrogen-bond acceptors (Lipinski definition) is 5. The minimum atomic E-state index is -3.52. The van der Waals surface area contributed by atoms with E-state index in [0.717, 1.165) is 32.7 Å². The second-order valence-electron chi connectivity index (χ2n) is 4.64. The van der Waals surface area contributed by atoms with Crippen molar-refractivity contribution in [3.63, 3.8) is 0 Å². The summed E-state index contributed by atoms with van der Waals surface area (Å²) >= 11 is 0. The highest BCUT2D eigenvalue weighted by Gasteiger charge is 2.19. The van der Waals surface area contributed by atoms with Crippen molar-refractivity contribution >= 4 is 34.8 Å². The molecule has 0 atom stereocenters. The lowest BCUT2D eigenvalue weighted by Crippen LogP contribution is -2.46. The van der Waals surface area contributed by atoms with Crippen LogP contribution in [0.5, 0.6) is 5.75 Å². The number of benzene rings is 1. The highest BCUT2D eigenvalue weighted by atomic mass is 35.5. The molecule has 1 saturated heterocycles. The van der Waals surface area contributed by atoms with E-state index in [4.69, 9.17) is 4.74 Å². The Morgan fingerprint density at radius 3 is 2.50 bits per heavy atom. The highest BCUT2D eigenvalue weighted by Crippen LogP contribution is 2.22. The lowest BCUT2D eigenvalue weighted by atomic mass is 10.3. The molecule has 0 aliphatic carbocycles. The fraction of sp³-hybridized carbons (Fsp3) is 0.538. The molecule has 128 valence electrons. The topological polar surface area (TPSA) is 70.7 Å². The number of nitrogens with one attached hydrogen (secondary N) is 2. The molecule has 2 N–H and O–H groups in total. The van der Waals surface area contributed by atoms with Crippen molar-refractivity contribution in [2.75, 3.05) is 46.4 Å². The van der Waals surface area contributed by atoms with E-state index >= 15 is 0 Å². The summed E-state index contributed by atoms with van der Waals surface area (Å²) in [6.07, 6.45) is 0. The Morgan fingerprint density at radius 2 is 1.86 bits per heavy atom. The molecule has 0 amide bonds. The standard InChI is InChI=1S/C13H21N3O3S.2ClH/c1-19-12-4-2-3-5-13(12)20(17,18)15-8-11-16-9-6-14-7-10-16;;/h2-5,14-15H,6-11H2,1H3;2*1H. The average Bonchev–Trinajstić information content (AvgIpc) is 2.48. The average molecular weight is 372 g/mol. The van der Waals surface area contributed by atoms with Crippen LogP contribution in [0.3, 0.4) is 0 Å². The maximum absolute atomic E-state index is 12.2. The van der Waals surface area contributed by atoms with Gasteiger partial charge in [0, 0.05) is 39.3 Å². The number of nitrogens with zero attached hydrogens (tertiary/aromatic N) is 1. The summed E-state index contributed by atoms with van der Waals surface area (Å²) < 4.78 is 32.2. The van der Waals surface area contributed by atoms with Crippen LogP contribution < -0.4 is 14.8 Å². The molecule has 1 aromatic rings. The molecule has 0 spiro atoms. The molecule has 0 aromatic heterocycles. The summed E-state index contributed by atoms with van der Waals surface area (Å²) in [6, 6.07) is 6.63. The molecule has 22 heavy (non-hydrogen) atoms. The number of hydrogen-bond donors (Lipinski definition) is 2. The zero-order valence-corrected chi connectivity index (χ0v) is 14.9. The van der Waals surface area contributed by atoms with Crippen molar-refractivity contribution in [2.45, 2.75) is 4.90 Å². The molecule has 1 heterocycles. The predicted molar refractivity (Wildman–Crippen MR) is 92.0 cm³/mol. The summed E-state index contributed by atoms with van der Waals surface area (Å²) in [7, 11) is -2.05. The van der Waals surface area contributed by atoms with Crippen molar-refractivity contribution in [2.24, 2.45) is 0 Å². The van der Waals surface area contributed by atoms with Crippen LogP contribution >= 0.6 is 24.8 Å². The molecule has 0 unspecified atom stereocenters. The number of methoxy groups -OCH3 is 1. The fourth-order valence-electron chi connectivity index (χ4n) is 2.19. The third-order valence-corrected chi connectivity index (χ3v) is 4.79. The Morgan fingerprint density at radius 1 is 1.23 bits per heavy atom. The van der Waals surface area contributed by atoms with Gasteiger partial charge < -0.3 is 10.1 Å². The zero-order chi connectivity index (χ0) is 14.4. The number of para-hydroxylation sites is 1. The maximum Gasteiger partial charge on any atom is 0.244 e. The second-order valence-corrected chi connectivity index (χ2v) is 6.38. The molecule has 0 bridgehead atoms. The number of ether oxygens (including phenoxy) is 1. The van der Waals surface area contributed by atoms with Crippen molar-refractivity contribution in [1.82, 2.24) is 14.9 Å². The summed E-state index contributed by atoms with van der Waals surface area (Å²) in [5.41, 5.74) is 0. The van der Waals surface area contributed by atoms with E-state index < -0.39 is 10.0 Å². The third kappa shape index (κ3) is 5.91. The van der Waals surface area contributed by atoms with Crippen molar-refractivity contribution < 1.29 is 13.2 Å². The monoisotopic (exact) mass is 371 g/mol. The van der Waals surface area contributed by atoms with Crippen LogP contribution in [0, 0.1) is 0 Å². The van der Waals surface area contributed by atoms with Crippen LogP contribution in [-0.2, 0) is 10.0 Å². The Bertz CT molecular complexity index is 537. The minimum absolute atomic E-state index is 0. The predicted octanol–water partition coefficient (Wildman–Crippen LogP) is 0.722. The molecule has 9 heteroatoms. The molecular formula is C13H23Cl2N3O3S. The van der Waals surface area contributed by atoms with E-state index in [1.54, 1.807) is 24.3 Å². The molecule has 0 saturated carbocycles. The fourth-order valence-corrected chi connectivity index (χ4v) is 3.38. The smallest absolute Gasteiger partial charge is 0.244 e. The molecule has 1 aliphatic rings. The first-order chi connectivity index (χ1) is 9.63. The Labute approximate surface area is 144 Å². The Hall–Kier alpha value is -0.570. The SMILES string of the molecule is COc1ccccc1S(=O)(=O)NCCN1CCNCC1.Cl.Cl. The highest BCUT2D eigenvalue weighted by molar-refractivity contribution is 7.89. The van der Waals surface area contributed by atoms with E-state index in [0.29, 0.717) is 12.3 Å². The van der Waals surface area contributed by atoms with E-state index in [9.17, 15) is 8.42 Å². The summed E-state index contributed by atoms with van der Waals surface area (Å²) in [5, 5.41) is 3.27. The van der Waals surface area contributed by atoms with Crippen LogP contribution in [0.1, 0.15) is 0 Å². The molecule has 0 radical (unpaired) electrons. The summed E-state index contributed by atoms with van der Waals surface area (Å²) in [4.78, 5) is 2.42. The second kappa shape index (κ2) is 10.3. The van der Waals surface area contributed by atoms with Gasteiger partial charge in [0.05, 0.1) is 7.11 Å². The first-order valence-corrected chi connectivity index (χ1v) is 8.17. The lowest BCUT2D eigenvalue weighted by Gasteiger charge is -2.27. The Balaban J connectivity index is 0.00000220. The van der Waals surface area contributed by atoms with Crippen LogP contribution in [0.4, 0.5) is 0 Å². The van der Waals surface area contributed by atoms with Crippen LogP contribution in [0.25, 0.3) is 0 Å². The van der Waals surface area contributed by atoms with Crippen LogP contribution in [0.15, 0.2) is 29.2 Å². The number of halogens is 2. The summed E-state index contributed by atoms with van der Waals surface area (Å²) in [6.45, 7) is 4.95. The number of piperazine rings is 1. The number of rotatable bonds is 6.